The highest BCUT2D eigenvalue weighted by molar-refractivity contribution is 7.31. The van der Waals surface area contributed by atoms with Crippen LogP contribution in [0.25, 0.3) is 21.9 Å². The van der Waals surface area contributed by atoms with E-state index >= 15 is 0 Å². The van der Waals surface area contributed by atoms with Crippen molar-refractivity contribution in [1.82, 2.24) is 0 Å². The van der Waals surface area contributed by atoms with Crippen LogP contribution >= 0.6 is 8.24 Å². The number of ether oxygens (including phenoxy) is 5. The van der Waals surface area contributed by atoms with E-state index in [1.54, 1.807) is 28.4 Å². The number of hydrogen-bond acceptors (Lipinski definition) is 8. The van der Waals surface area contributed by atoms with Gasteiger partial charge in [-0.05, 0) is 44.9 Å². The average Bonchev–Trinajstić information content (AvgIpc) is 3.10. The van der Waals surface area contributed by atoms with Crippen molar-refractivity contribution in [3.05, 3.63) is 46.5 Å². The summed E-state index contributed by atoms with van der Waals surface area (Å²) in [7, 11) is 4.47. The second-order valence-corrected chi connectivity index (χ2v) is 17.9. The zero-order chi connectivity index (χ0) is 35.3. The van der Waals surface area contributed by atoms with E-state index in [0.717, 1.165) is 33.1 Å². The third kappa shape index (κ3) is 7.96. The first kappa shape index (κ1) is 37.9. The van der Waals surface area contributed by atoms with Crippen molar-refractivity contribution in [2.75, 3.05) is 35.0 Å². The molecule has 47 heavy (non-hydrogen) atoms. The fourth-order valence-electron chi connectivity index (χ4n) is 6.19. The lowest BCUT2D eigenvalue weighted by Crippen LogP contribution is -2.61. The molecule has 5 atom stereocenters. The third-order valence-corrected chi connectivity index (χ3v) is 10.1. The summed E-state index contributed by atoms with van der Waals surface area (Å²) in [5.41, 5.74) is 5.49. The van der Waals surface area contributed by atoms with Crippen LogP contribution in [-0.2, 0) is 45.3 Å². The lowest BCUT2D eigenvalue weighted by molar-refractivity contribution is -0.284. The maximum atomic E-state index is 6.95. The highest BCUT2D eigenvalue weighted by Crippen LogP contribution is 2.46. The highest BCUT2D eigenvalue weighted by Gasteiger charge is 2.48. The van der Waals surface area contributed by atoms with Crippen LogP contribution in [-0.4, -0.2) is 65.8 Å². The van der Waals surface area contributed by atoms with Gasteiger partial charge >= 0.3 is 8.24 Å². The Labute approximate surface area is 283 Å². The van der Waals surface area contributed by atoms with Crippen LogP contribution in [0.1, 0.15) is 105 Å². The first-order valence-corrected chi connectivity index (χ1v) is 17.7. The Morgan fingerprint density at radius 1 is 0.574 bits per heavy atom. The lowest BCUT2D eigenvalue weighted by Gasteiger charge is -2.43. The summed E-state index contributed by atoms with van der Waals surface area (Å²) in [4.78, 5) is 0. The molecule has 0 aliphatic carbocycles. The minimum Gasteiger partial charge on any atom is -0.399 e. The van der Waals surface area contributed by atoms with Crippen LogP contribution in [0.15, 0.2) is 32.7 Å². The molecule has 1 aromatic heterocycles. The van der Waals surface area contributed by atoms with Crippen molar-refractivity contribution >= 4 is 30.2 Å². The van der Waals surface area contributed by atoms with Crippen molar-refractivity contribution in [2.45, 2.75) is 135 Å². The molecule has 0 unspecified atom stereocenters. The molecule has 0 amide bonds. The molecule has 4 rings (SSSR count). The van der Waals surface area contributed by atoms with E-state index in [1.165, 1.54) is 11.1 Å². The molecule has 8 nitrogen and oxygen atoms in total. The molecule has 0 bridgehead atoms. The van der Waals surface area contributed by atoms with Crippen molar-refractivity contribution in [3.8, 4) is 0 Å². The van der Waals surface area contributed by atoms with Crippen LogP contribution in [0.5, 0.6) is 0 Å². The van der Waals surface area contributed by atoms with Gasteiger partial charge in [0.1, 0.15) is 35.6 Å². The predicted octanol–water partition coefficient (Wildman–Crippen LogP) is 9.32. The first-order valence-electron chi connectivity index (χ1n) is 16.6. The van der Waals surface area contributed by atoms with Crippen molar-refractivity contribution in [3.63, 3.8) is 0 Å². The van der Waals surface area contributed by atoms with Gasteiger partial charge in [-0.3, -0.25) is 0 Å². The molecule has 1 saturated heterocycles. The Bertz CT molecular complexity index is 1490. The summed E-state index contributed by atoms with van der Waals surface area (Å²) in [5, 5.41) is 2.00. The quantitative estimate of drug-likeness (QED) is 0.245. The van der Waals surface area contributed by atoms with Crippen LogP contribution in [0.3, 0.4) is 0 Å². The number of hydrogen-bond donors (Lipinski definition) is 0. The van der Waals surface area contributed by atoms with E-state index in [0.29, 0.717) is 0 Å². The minimum absolute atomic E-state index is 0.0941. The van der Waals surface area contributed by atoms with E-state index in [2.05, 4.69) is 107 Å². The van der Waals surface area contributed by atoms with Crippen molar-refractivity contribution < 1.29 is 36.6 Å². The Balaban J connectivity index is 2.16. The van der Waals surface area contributed by atoms with Gasteiger partial charge in [0.15, 0.2) is 0 Å². The van der Waals surface area contributed by atoms with Gasteiger partial charge in [0.2, 0.25) is 6.29 Å². The molecular weight excluding hydrogens is 615 g/mol. The van der Waals surface area contributed by atoms with Crippen LogP contribution < -0.4 is 4.52 Å². The van der Waals surface area contributed by atoms with Gasteiger partial charge in [0.25, 0.3) is 0 Å². The smallest absolute Gasteiger partial charge is 0.390 e. The molecule has 1 fully saturated rings. The Morgan fingerprint density at radius 3 is 1.34 bits per heavy atom. The molecular formula is C38H59O8P. The summed E-state index contributed by atoms with van der Waals surface area (Å²) >= 11 is 0. The molecule has 0 N–H and O–H groups in total. The zero-order valence-corrected chi connectivity index (χ0v) is 32.5. The first-order chi connectivity index (χ1) is 21.6. The van der Waals surface area contributed by atoms with Gasteiger partial charge in [0, 0.05) is 50.3 Å². The predicted molar refractivity (Wildman–Crippen MR) is 191 cm³/mol. The molecule has 2 aromatic carbocycles. The largest absolute Gasteiger partial charge is 0.399 e. The Morgan fingerprint density at radius 2 is 1.00 bits per heavy atom. The fourth-order valence-corrected chi connectivity index (χ4v) is 7.35. The van der Waals surface area contributed by atoms with E-state index in [-0.39, 0.29) is 28.3 Å². The molecule has 1 aliphatic heterocycles. The average molecular weight is 675 g/mol. The summed E-state index contributed by atoms with van der Waals surface area (Å²) in [5.74, 6) is 0. The Hall–Kier alpha value is -1.90. The van der Waals surface area contributed by atoms with Gasteiger partial charge in [-0.1, -0.05) is 95.2 Å². The monoisotopic (exact) mass is 674 g/mol. The molecule has 0 saturated carbocycles. The summed E-state index contributed by atoms with van der Waals surface area (Å²) in [6.45, 7) is 27.1. The van der Waals surface area contributed by atoms with Crippen molar-refractivity contribution in [2.24, 2.45) is 0 Å². The molecule has 0 spiro atoms. The summed E-state index contributed by atoms with van der Waals surface area (Å²) in [6.07, 6.45) is -2.88. The van der Waals surface area contributed by atoms with E-state index in [9.17, 15) is 0 Å². The van der Waals surface area contributed by atoms with Crippen LogP contribution in [0.2, 0.25) is 0 Å². The molecule has 264 valence electrons. The van der Waals surface area contributed by atoms with Crippen LogP contribution in [0.4, 0.5) is 0 Å². The number of methoxy groups -OCH3 is 4. The van der Waals surface area contributed by atoms with Gasteiger partial charge in [-0.15, -0.1) is 0 Å². The van der Waals surface area contributed by atoms with Gasteiger partial charge < -0.3 is 32.1 Å². The second kappa shape index (κ2) is 13.8. The van der Waals surface area contributed by atoms with Crippen molar-refractivity contribution in [1.29, 1.82) is 0 Å². The zero-order valence-electron chi connectivity index (χ0n) is 31.6. The maximum absolute atomic E-state index is 6.95. The van der Waals surface area contributed by atoms with E-state index in [1.807, 2.05) is 0 Å². The van der Waals surface area contributed by atoms with Gasteiger partial charge in [-0.25, -0.2) is 4.52 Å². The minimum atomic E-state index is -2.04. The lowest BCUT2D eigenvalue weighted by atomic mass is 9.77. The second-order valence-electron chi connectivity index (χ2n) is 16.9. The fraction of sp³-hybridized carbons (Fsp3) is 0.684. The third-order valence-electron chi connectivity index (χ3n) is 9.08. The summed E-state index contributed by atoms with van der Waals surface area (Å²) < 4.78 is 50.3. The molecule has 9 heteroatoms. The van der Waals surface area contributed by atoms with Gasteiger partial charge in [0.05, 0.1) is 6.61 Å². The topological polar surface area (TPSA) is 81.7 Å². The maximum Gasteiger partial charge on any atom is 0.390 e. The standard InChI is InChI=1S/C38H59O8P/c1-35(2,3)22-17-24-25-18-23(36(4,5)6)20-27(38(10,11)12)30(25)45-47(44-29(24)26(19-22)37(7,8)9)46-34-33(42-16)32(41-15)31(40-14)28(43-34)21-39-13/h17-20,28,31-34H,21H2,1-16H3/t28-,31-,32+,33-,34+/m1/s1. The highest BCUT2D eigenvalue weighted by atomic mass is 31.1. The summed E-state index contributed by atoms with van der Waals surface area (Å²) in [6, 6.07) is 9.11. The van der Waals surface area contributed by atoms with E-state index < -0.39 is 38.9 Å². The van der Waals surface area contributed by atoms with E-state index in [4.69, 9.17) is 36.6 Å². The molecule has 2 heterocycles. The van der Waals surface area contributed by atoms with Crippen LogP contribution in [0, 0.1) is 0 Å². The molecule has 0 radical (unpaired) electrons. The molecule has 1 aliphatic rings. The number of benzene rings is 2. The number of fused-ring (bicyclic) bond motifs is 3. The SMILES string of the molecule is COC[C@H]1O[C@@H](Op2oc3c(C(C)(C)C)cc(C(C)(C)C)cc3c3cc(C(C)(C)C)cc(C(C)(C)C)c3o2)[C@H](OC)[C@@H](OC)[C@@H]1OC. The molecule has 3 aromatic rings. The number of rotatable bonds is 7. The Kier molecular flexibility index (Phi) is 11.1. The van der Waals surface area contributed by atoms with Gasteiger partial charge in [-0.2, -0.15) is 0 Å². The normalized spacial score (nSPS) is 23.1.